The average Bonchev–Trinajstić information content (AvgIpc) is 2.34. The number of aryl methyl sites for hydroxylation is 1. The Morgan fingerprint density at radius 3 is 2.44 bits per heavy atom. The Kier molecular flexibility index (Phi) is 5.35. The van der Waals surface area contributed by atoms with Crippen molar-refractivity contribution in [1.82, 2.24) is 5.32 Å². The third-order valence-electron chi connectivity index (χ3n) is 3.35. The van der Waals surface area contributed by atoms with Crippen LogP contribution in [0.25, 0.3) is 0 Å². The molecule has 0 bridgehead atoms. The van der Waals surface area contributed by atoms with E-state index < -0.39 is 0 Å². The zero-order valence-corrected chi connectivity index (χ0v) is 12.0. The summed E-state index contributed by atoms with van der Waals surface area (Å²) < 4.78 is 0. The van der Waals surface area contributed by atoms with Crippen LogP contribution in [-0.4, -0.2) is 26.5 Å². The molecule has 0 fully saturated rings. The molecule has 1 rings (SSSR count). The Hall–Kier alpha value is -1.35. The number of carbonyl (C=O) groups excluding carboxylic acids is 1. The van der Waals surface area contributed by atoms with E-state index in [0.29, 0.717) is 12.5 Å². The first-order valence-corrected chi connectivity index (χ1v) is 6.46. The number of nitrogens with one attached hydrogen (secondary N) is 1. The van der Waals surface area contributed by atoms with E-state index in [1.54, 1.807) is 4.90 Å². The molecule has 0 aromatic heterocycles. The summed E-state index contributed by atoms with van der Waals surface area (Å²) in [6.07, 6.45) is 0. The number of benzene rings is 1. The number of rotatable bonds is 5. The molecule has 1 aromatic rings. The van der Waals surface area contributed by atoms with Crippen LogP contribution in [0.5, 0.6) is 0 Å². The maximum atomic E-state index is 12.5. The van der Waals surface area contributed by atoms with Gasteiger partial charge in [0.1, 0.15) is 0 Å². The summed E-state index contributed by atoms with van der Waals surface area (Å²) in [7, 11) is 3.74. The van der Waals surface area contributed by atoms with E-state index >= 15 is 0 Å². The third-order valence-corrected chi connectivity index (χ3v) is 3.35. The quantitative estimate of drug-likeness (QED) is 0.868. The summed E-state index contributed by atoms with van der Waals surface area (Å²) in [5, 5.41) is 3.10. The maximum absolute atomic E-state index is 12.5. The Bertz CT molecular complexity index is 401. The van der Waals surface area contributed by atoms with E-state index in [9.17, 15) is 4.79 Å². The average molecular weight is 248 g/mol. The van der Waals surface area contributed by atoms with Crippen LogP contribution in [0.15, 0.2) is 24.3 Å². The molecule has 1 unspecified atom stereocenters. The van der Waals surface area contributed by atoms with Gasteiger partial charge < -0.3 is 10.2 Å². The minimum atomic E-state index is 0.0135. The fraction of sp³-hybridized carbons (Fsp3) is 0.533. The summed E-state index contributed by atoms with van der Waals surface area (Å²) in [4.78, 5) is 14.3. The summed E-state index contributed by atoms with van der Waals surface area (Å²) in [6, 6.07) is 7.98. The largest absolute Gasteiger partial charge is 0.319 e. The Morgan fingerprint density at radius 1 is 1.33 bits per heavy atom. The van der Waals surface area contributed by atoms with Crippen molar-refractivity contribution >= 4 is 11.6 Å². The van der Waals surface area contributed by atoms with Crippen LogP contribution < -0.4 is 10.2 Å². The van der Waals surface area contributed by atoms with Gasteiger partial charge in [0.2, 0.25) is 5.91 Å². The van der Waals surface area contributed by atoms with Gasteiger partial charge in [-0.3, -0.25) is 4.79 Å². The summed E-state index contributed by atoms with van der Waals surface area (Å²) >= 11 is 0. The molecule has 100 valence electrons. The van der Waals surface area contributed by atoms with E-state index in [0.717, 1.165) is 11.3 Å². The van der Waals surface area contributed by atoms with Crippen molar-refractivity contribution in [3.05, 3.63) is 29.8 Å². The molecule has 0 saturated carbocycles. The minimum Gasteiger partial charge on any atom is -0.319 e. The number of anilines is 1. The van der Waals surface area contributed by atoms with Crippen LogP contribution >= 0.6 is 0 Å². The molecule has 0 radical (unpaired) electrons. The summed E-state index contributed by atoms with van der Waals surface area (Å²) in [6.45, 7) is 6.92. The second-order valence-corrected chi connectivity index (χ2v) is 5.09. The fourth-order valence-corrected chi connectivity index (χ4v) is 2.14. The zero-order chi connectivity index (χ0) is 13.7. The molecule has 18 heavy (non-hydrogen) atoms. The van der Waals surface area contributed by atoms with Crippen molar-refractivity contribution in [3.63, 3.8) is 0 Å². The molecule has 3 heteroatoms. The Morgan fingerprint density at radius 2 is 1.94 bits per heavy atom. The van der Waals surface area contributed by atoms with E-state index in [1.807, 2.05) is 45.3 Å². The van der Waals surface area contributed by atoms with Gasteiger partial charge in [0, 0.05) is 19.3 Å². The maximum Gasteiger partial charge on any atom is 0.231 e. The summed E-state index contributed by atoms with van der Waals surface area (Å²) in [5.74, 6) is 0.518. The zero-order valence-electron chi connectivity index (χ0n) is 12.0. The SMILES string of the molecule is CNCC(C(=O)N(C)c1ccccc1C)C(C)C. The molecule has 1 aromatic carbocycles. The molecule has 3 nitrogen and oxygen atoms in total. The first-order valence-electron chi connectivity index (χ1n) is 6.46. The molecule has 0 saturated heterocycles. The lowest BCUT2D eigenvalue weighted by atomic mass is 9.94. The van der Waals surface area contributed by atoms with Gasteiger partial charge in [-0.1, -0.05) is 32.0 Å². The van der Waals surface area contributed by atoms with E-state index in [4.69, 9.17) is 0 Å². The number of nitrogens with zero attached hydrogens (tertiary/aromatic N) is 1. The predicted octanol–water partition coefficient (Wildman–Crippen LogP) is 2.45. The van der Waals surface area contributed by atoms with Gasteiger partial charge in [-0.05, 0) is 31.5 Å². The molecule has 0 spiro atoms. The van der Waals surface area contributed by atoms with Crippen molar-refractivity contribution in [2.45, 2.75) is 20.8 Å². The Balaban J connectivity index is 2.92. The number of hydrogen-bond acceptors (Lipinski definition) is 2. The number of amides is 1. The lowest BCUT2D eigenvalue weighted by Crippen LogP contribution is -2.40. The van der Waals surface area contributed by atoms with Crippen LogP contribution in [0.3, 0.4) is 0 Å². The number of para-hydroxylation sites is 1. The number of hydrogen-bond donors (Lipinski definition) is 1. The van der Waals surface area contributed by atoms with Gasteiger partial charge in [0.25, 0.3) is 0 Å². The number of carbonyl (C=O) groups is 1. The molecule has 0 aliphatic carbocycles. The van der Waals surface area contributed by atoms with Crippen molar-refractivity contribution in [1.29, 1.82) is 0 Å². The predicted molar refractivity (Wildman–Crippen MR) is 76.8 cm³/mol. The highest BCUT2D eigenvalue weighted by molar-refractivity contribution is 5.95. The molecular weight excluding hydrogens is 224 g/mol. The molecule has 1 amide bonds. The van der Waals surface area contributed by atoms with E-state index in [1.165, 1.54) is 0 Å². The van der Waals surface area contributed by atoms with Crippen LogP contribution in [-0.2, 0) is 4.79 Å². The molecule has 1 N–H and O–H groups in total. The second-order valence-electron chi connectivity index (χ2n) is 5.09. The standard InChI is InChI=1S/C15H24N2O/c1-11(2)13(10-16-4)15(18)17(5)14-9-7-6-8-12(14)3/h6-9,11,13,16H,10H2,1-5H3. The van der Waals surface area contributed by atoms with Crippen molar-refractivity contribution < 1.29 is 4.79 Å². The van der Waals surface area contributed by atoms with Crippen LogP contribution in [0.1, 0.15) is 19.4 Å². The first-order chi connectivity index (χ1) is 8.49. The van der Waals surface area contributed by atoms with Gasteiger partial charge in [-0.25, -0.2) is 0 Å². The third kappa shape index (κ3) is 3.33. The van der Waals surface area contributed by atoms with E-state index in [-0.39, 0.29) is 11.8 Å². The van der Waals surface area contributed by atoms with Crippen LogP contribution in [0.2, 0.25) is 0 Å². The van der Waals surface area contributed by atoms with Gasteiger partial charge in [0.05, 0.1) is 5.92 Å². The van der Waals surface area contributed by atoms with Crippen molar-refractivity contribution in [3.8, 4) is 0 Å². The topological polar surface area (TPSA) is 32.3 Å². The van der Waals surface area contributed by atoms with Gasteiger partial charge in [-0.15, -0.1) is 0 Å². The molecule has 0 heterocycles. The molecular formula is C15H24N2O. The van der Waals surface area contributed by atoms with Crippen molar-refractivity contribution in [2.24, 2.45) is 11.8 Å². The Labute approximate surface area is 110 Å². The highest BCUT2D eigenvalue weighted by Crippen LogP contribution is 2.22. The minimum absolute atomic E-state index is 0.0135. The van der Waals surface area contributed by atoms with Gasteiger partial charge in [0.15, 0.2) is 0 Å². The van der Waals surface area contributed by atoms with Gasteiger partial charge >= 0.3 is 0 Å². The molecule has 1 atom stereocenters. The lowest BCUT2D eigenvalue weighted by Gasteiger charge is -2.27. The van der Waals surface area contributed by atoms with Crippen molar-refractivity contribution in [2.75, 3.05) is 25.5 Å². The highest BCUT2D eigenvalue weighted by atomic mass is 16.2. The smallest absolute Gasteiger partial charge is 0.231 e. The van der Waals surface area contributed by atoms with Gasteiger partial charge in [-0.2, -0.15) is 0 Å². The molecule has 0 aliphatic heterocycles. The molecule has 0 aliphatic rings. The first kappa shape index (κ1) is 14.7. The second kappa shape index (κ2) is 6.55. The summed E-state index contributed by atoms with van der Waals surface area (Å²) in [5.41, 5.74) is 2.12. The lowest BCUT2D eigenvalue weighted by molar-refractivity contribution is -0.123. The van der Waals surface area contributed by atoms with Crippen LogP contribution in [0.4, 0.5) is 5.69 Å². The normalized spacial score (nSPS) is 12.6. The van der Waals surface area contributed by atoms with E-state index in [2.05, 4.69) is 19.2 Å². The van der Waals surface area contributed by atoms with Crippen LogP contribution in [0, 0.1) is 18.8 Å². The fourth-order valence-electron chi connectivity index (χ4n) is 2.14. The highest BCUT2D eigenvalue weighted by Gasteiger charge is 2.25. The monoisotopic (exact) mass is 248 g/mol.